The molecule has 0 radical (unpaired) electrons. The van der Waals surface area contributed by atoms with Crippen molar-refractivity contribution in [3.8, 4) is 44.8 Å². The fourth-order valence-corrected chi connectivity index (χ4v) is 9.15. The van der Waals surface area contributed by atoms with Gasteiger partial charge < -0.3 is 19.3 Å². The third-order valence-electron chi connectivity index (χ3n) is 11.8. The summed E-state index contributed by atoms with van der Waals surface area (Å²) >= 11 is 0. The Morgan fingerprint density at radius 2 is 0.879 bits per heavy atom. The van der Waals surface area contributed by atoms with Gasteiger partial charge in [0.1, 0.15) is 11.2 Å². The number of para-hydroxylation sites is 4. The largest absolute Gasteiger partial charge is 0.455 e. The summed E-state index contributed by atoms with van der Waals surface area (Å²) in [5, 5.41) is 7.14. The number of hydrogen-bond donors (Lipinski definition) is 1. The van der Waals surface area contributed by atoms with Crippen LogP contribution in [0.1, 0.15) is 0 Å². The lowest BCUT2D eigenvalue weighted by Gasteiger charge is -2.10. The Labute approximate surface area is 334 Å². The molecular formula is C54H35N3O. The van der Waals surface area contributed by atoms with E-state index in [1.165, 1.54) is 54.8 Å². The monoisotopic (exact) mass is 741 g/mol. The minimum atomic E-state index is 0.753. The normalized spacial score (nSPS) is 11.9. The van der Waals surface area contributed by atoms with Crippen LogP contribution in [0.2, 0.25) is 0 Å². The van der Waals surface area contributed by atoms with Crippen LogP contribution >= 0.6 is 0 Å². The van der Waals surface area contributed by atoms with Gasteiger partial charge in [-0.25, -0.2) is 0 Å². The molecule has 3 heterocycles. The summed E-state index contributed by atoms with van der Waals surface area (Å²) in [6, 6.07) is 71.6. The molecule has 0 saturated carbocycles. The number of rotatable bonds is 5. The van der Waals surface area contributed by atoms with Crippen LogP contribution in [0.3, 0.4) is 0 Å². The van der Waals surface area contributed by atoms with Crippen LogP contribution in [-0.2, 0) is 0 Å². The molecule has 12 rings (SSSR count). The molecule has 58 heavy (non-hydrogen) atoms. The molecule has 0 fully saturated rings. The lowest BCUT2D eigenvalue weighted by atomic mass is 9.97. The van der Waals surface area contributed by atoms with E-state index >= 15 is 0 Å². The highest BCUT2D eigenvalue weighted by Crippen LogP contribution is 2.41. The summed E-state index contributed by atoms with van der Waals surface area (Å²) < 4.78 is 11.2. The molecule has 0 aliphatic heterocycles. The fraction of sp³-hybridized carbons (Fsp3) is 0. The Kier molecular flexibility index (Phi) is 7.05. The molecule has 12 aromatic rings. The molecule has 0 atom stereocenters. The van der Waals surface area contributed by atoms with Crippen LogP contribution < -0.4 is 5.73 Å². The lowest BCUT2D eigenvalue weighted by Crippen LogP contribution is -1.95. The second kappa shape index (κ2) is 12.6. The number of benzene rings is 9. The van der Waals surface area contributed by atoms with E-state index in [9.17, 15) is 0 Å². The van der Waals surface area contributed by atoms with Crippen LogP contribution in [-0.4, -0.2) is 9.13 Å². The maximum absolute atomic E-state index is 6.47. The summed E-state index contributed by atoms with van der Waals surface area (Å²) in [6.07, 6.45) is 0. The van der Waals surface area contributed by atoms with Crippen LogP contribution in [0.25, 0.3) is 110 Å². The number of aromatic nitrogens is 2. The highest BCUT2D eigenvalue weighted by molar-refractivity contribution is 6.14. The summed E-state index contributed by atoms with van der Waals surface area (Å²) in [6.45, 7) is 0. The van der Waals surface area contributed by atoms with Gasteiger partial charge in [-0.05, 0) is 101 Å². The zero-order valence-corrected chi connectivity index (χ0v) is 31.4. The van der Waals surface area contributed by atoms with E-state index in [-0.39, 0.29) is 0 Å². The molecule has 0 aliphatic rings. The summed E-state index contributed by atoms with van der Waals surface area (Å²) in [5.74, 6) is 0. The predicted molar refractivity (Wildman–Crippen MR) is 243 cm³/mol. The van der Waals surface area contributed by atoms with E-state index in [1.807, 2.05) is 30.3 Å². The average Bonchev–Trinajstić information content (AvgIpc) is 3.94. The van der Waals surface area contributed by atoms with Crippen molar-refractivity contribution in [2.75, 3.05) is 5.73 Å². The highest BCUT2D eigenvalue weighted by atomic mass is 16.3. The number of nitrogen functional groups attached to an aromatic ring is 1. The van der Waals surface area contributed by atoms with Crippen molar-refractivity contribution in [3.05, 3.63) is 200 Å². The average molecular weight is 742 g/mol. The Hall–Kier alpha value is -7.82. The smallest absolute Gasteiger partial charge is 0.143 e. The minimum Gasteiger partial charge on any atom is -0.455 e. The number of nitrogens with zero attached hydrogens (tertiary/aromatic N) is 2. The summed E-state index contributed by atoms with van der Waals surface area (Å²) in [4.78, 5) is 0. The minimum absolute atomic E-state index is 0.753. The van der Waals surface area contributed by atoms with Gasteiger partial charge in [-0.2, -0.15) is 0 Å². The van der Waals surface area contributed by atoms with Crippen molar-refractivity contribution >= 4 is 71.2 Å². The lowest BCUT2D eigenvalue weighted by molar-refractivity contribution is 0.670. The SMILES string of the molecule is Nc1cccc(-n2c3ccccc3c3cc(-c4ccc(-c5ccc6c(c5)c5ccc(-c7cccc8c7oc7ccccc78)cc5n6-c5ccccc5)cc4)ccc32)c1. The number of fused-ring (bicyclic) bond motifs is 9. The molecule has 4 nitrogen and oxygen atoms in total. The maximum Gasteiger partial charge on any atom is 0.143 e. The number of anilines is 1. The van der Waals surface area contributed by atoms with Crippen molar-refractivity contribution in [1.82, 2.24) is 9.13 Å². The van der Waals surface area contributed by atoms with E-state index in [1.54, 1.807) is 0 Å². The Morgan fingerprint density at radius 1 is 0.328 bits per heavy atom. The van der Waals surface area contributed by atoms with E-state index in [2.05, 4.69) is 179 Å². The third-order valence-corrected chi connectivity index (χ3v) is 11.8. The standard InChI is InChI=1S/C54H35N3O/c55-39-10-8-13-41(33-39)57-49-18-6-4-14-43(49)47-30-36(26-29-51(47)57)34-20-22-35(23-21-34)37-25-28-50-48(31-37)44-27-24-38(32-52(44)56(50)40-11-2-1-3-12-40)42-16-9-17-46-45-15-5-7-19-53(45)58-54(42)46/h1-33H,55H2. The van der Waals surface area contributed by atoms with Gasteiger partial charge in [0.25, 0.3) is 0 Å². The zero-order valence-electron chi connectivity index (χ0n) is 31.4. The first-order chi connectivity index (χ1) is 28.7. The summed E-state index contributed by atoms with van der Waals surface area (Å²) in [7, 11) is 0. The molecule has 0 bridgehead atoms. The fourth-order valence-electron chi connectivity index (χ4n) is 9.15. The van der Waals surface area contributed by atoms with Gasteiger partial charge in [0.15, 0.2) is 0 Å². The quantitative estimate of drug-likeness (QED) is 0.179. The van der Waals surface area contributed by atoms with E-state index in [4.69, 9.17) is 10.2 Å². The topological polar surface area (TPSA) is 49.0 Å². The molecule has 3 aromatic heterocycles. The molecular weight excluding hydrogens is 707 g/mol. The van der Waals surface area contributed by atoms with E-state index < -0.39 is 0 Å². The molecule has 0 aliphatic carbocycles. The maximum atomic E-state index is 6.47. The second-order valence-corrected chi connectivity index (χ2v) is 15.2. The molecule has 4 heteroatoms. The van der Waals surface area contributed by atoms with Crippen molar-refractivity contribution in [2.45, 2.75) is 0 Å². The second-order valence-electron chi connectivity index (χ2n) is 15.2. The van der Waals surface area contributed by atoms with Crippen molar-refractivity contribution < 1.29 is 4.42 Å². The van der Waals surface area contributed by atoms with Crippen molar-refractivity contribution in [1.29, 1.82) is 0 Å². The van der Waals surface area contributed by atoms with Gasteiger partial charge in [0, 0.05) is 54.9 Å². The molecule has 0 unspecified atom stereocenters. The van der Waals surface area contributed by atoms with Crippen molar-refractivity contribution in [2.24, 2.45) is 0 Å². The highest BCUT2D eigenvalue weighted by Gasteiger charge is 2.18. The van der Waals surface area contributed by atoms with E-state index in [0.29, 0.717) is 0 Å². The molecule has 0 amide bonds. The van der Waals surface area contributed by atoms with Gasteiger partial charge in [-0.3, -0.25) is 0 Å². The van der Waals surface area contributed by atoms with Gasteiger partial charge in [-0.1, -0.05) is 127 Å². The molecule has 9 aromatic carbocycles. The first kappa shape index (κ1) is 32.4. The van der Waals surface area contributed by atoms with E-state index in [0.717, 1.165) is 61.2 Å². The summed E-state index contributed by atoms with van der Waals surface area (Å²) in [5.41, 5.74) is 22.6. The third kappa shape index (κ3) is 4.95. The van der Waals surface area contributed by atoms with Gasteiger partial charge in [0.2, 0.25) is 0 Å². The van der Waals surface area contributed by atoms with Crippen LogP contribution in [0.5, 0.6) is 0 Å². The Morgan fingerprint density at radius 3 is 1.62 bits per heavy atom. The van der Waals surface area contributed by atoms with Crippen LogP contribution in [0, 0.1) is 0 Å². The first-order valence-corrected chi connectivity index (χ1v) is 19.7. The first-order valence-electron chi connectivity index (χ1n) is 19.7. The molecule has 0 saturated heterocycles. The Bertz CT molecular complexity index is 3570. The van der Waals surface area contributed by atoms with Crippen LogP contribution in [0.15, 0.2) is 205 Å². The van der Waals surface area contributed by atoms with Crippen molar-refractivity contribution in [3.63, 3.8) is 0 Å². The van der Waals surface area contributed by atoms with Crippen LogP contribution in [0.4, 0.5) is 5.69 Å². The molecule has 272 valence electrons. The molecule has 0 spiro atoms. The number of hydrogen-bond acceptors (Lipinski definition) is 2. The Balaban J connectivity index is 0.955. The van der Waals surface area contributed by atoms with Gasteiger partial charge >= 0.3 is 0 Å². The predicted octanol–water partition coefficient (Wildman–Crippen LogP) is 14.4. The zero-order chi connectivity index (χ0) is 38.3. The van der Waals surface area contributed by atoms with Gasteiger partial charge in [0.05, 0.1) is 22.1 Å². The van der Waals surface area contributed by atoms with Gasteiger partial charge in [-0.15, -0.1) is 0 Å². The number of nitrogens with two attached hydrogens (primary N) is 1. The number of furan rings is 1. The molecule has 2 N–H and O–H groups in total.